The number of rotatable bonds is 2. The van der Waals surface area contributed by atoms with E-state index < -0.39 is 5.41 Å². The smallest absolute Gasteiger partial charge is 0.261 e. The Kier molecular flexibility index (Phi) is 4.47. The van der Waals surface area contributed by atoms with Crippen LogP contribution in [0.5, 0.6) is 0 Å². The normalized spacial score (nSPS) is 24.1. The van der Waals surface area contributed by atoms with Gasteiger partial charge in [0.25, 0.3) is 5.91 Å². The summed E-state index contributed by atoms with van der Waals surface area (Å²) < 4.78 is 0. The van der Waals surface area contributed by atoms with Crippen molar-refractivity contribution in [3.05, 3.63) is 78.1 Å². The van der Waals surface area contributed by atoms with E-state index in [0.29, 0.717) is 18.9 Å². The Labute approximate surface area is 193 Å². The second-order valence-corrected chi connectivity index (χ2v) is 9.12. The Bertz CT molecular complexity index is 1240. The van der Waals surface area contributed by atoms with Gasteiger partial charge in [0.05, 0.1) is 17.4 Å². The number of hydrogen-bond donors (Lipinski definition) is 0. The monoisotopic (exact) mass is 438 g/mol. The summed E-state index contributed by atoms with van der Waals surface area (Å²) in [4.78, 5) is 27.8. The molecule has 0 radical (unpaired) electrons. The number of para-hydroxylation sites is 1. The molecule has 0 bridgehead atoms. The topological polar surface area (TPSA) is 64.9 Å². The summed E-state index contributed by atoms with van der Waals surface area (Å²) in [6, 6.07) is 18.2. The second-order valence-electron chi connectivity index (χ2n) is 9.12. The van der Waals surface area contributed by atoms with Crippen molar-refractivity contribution in [1.82, 2.24) is 9.97 Å². The lowest BCUT2D eigenvalue weighted by Crippen LogP contribution is -2.67. The molecule has 3 aliphatic rings. The van der Waals surface area contributed by atoms with Crippen LogP contribution in [-0.4, -0.2) is 47.3 Å². The SMILES string of the molecule is CC1=NN(c2ccc(C)cc2)C(=O)C12Cc1ccccc1N1CCN(c3ncccn3)CC12. The highest BCUT2D eigenvalue weighted by Gasteiger charge is 2.60. The van der Waals surface area contributed by atoms with Gasteiger partial charge in [-0.05, 0) is 50.1 Å². The molecule has 7 heteroatoms. The molecule has 1 amide bonds. The van der Waals surface area contributed by atoms with Crippen LogP contribution in [0.3, 0.4) is 0 Å². The summed E-state index contributed by atoms with van der Waals surface area (Å²) in [5.74, 6) is 0.755. The minimum Gasteiger partial charge on any atom is -0.363 e. The quantitative estimate of drug-likeness (QED) is 0.613. The molecule has 1 aromatic heterocycles. The molecule has 2 unspecified atom stereocenters. The van der Waals surface area contributed by atoms with Crippen molar-refractivity contribution in [2.75, 3.05) is 34.4 Å². The molecule has 3 aliphatic heterocycles. The number of hydrogen-bond acceptors (Lipinski definition) is 6. The highest BCUT2D eigenvalue weighted by molar-refractivity contribution is 6.20. The van der Waals surface area contributed by atoms with Gasteiger partial charge in [0, 0.05) is 37.7 Å². The van der Waals surface area contributed by atoms with E-state index in [1.54, 1.807) is 17.4 Å². The van der Waals surface area contributed by atoms with Gasteiger partial charge in [-0.15, -0.1) is 0 Å². The molecule has 33 heavy (non-hydrogen) atoms. The zero-order chi connectivity index (χ0) is 22.6. The van der Waals surface area contributed by atoms with Gasteiger partial charge in [0.15, 0.2) is 0 Å². The van der Waals surface area contributed by atoms with Crippen LogP contribution in [0, 0.1) is 12.3 Å². The molecule has 1 saturated heterocycles. The predicted molar refractivity (Wildman–Crippen MR) is 130 cm³/mol. The van der Waals surface area contributed by atoms with Crippen LogP contribution in [-0.2, 0) is 11.2 Å². The lowest BCUT2D eigenvalue weighted by molar-refractivity contribution is -0.125. The van der Waals surface area contributed by atoms with Gasteiger partial charge in [-0.25, -0.2) is 9.97 Å². The fraction of sp³-hybridized carbons (Fsp3) is 0.308. The molecule has 6 rings (SSSR count). The molecule has 0 saturated carbocycles. The minimum atomic E-state index is -0.729. The number of fused-ring (bicyclic) bond motifs is 4. The fourth-order valence-electron chi connectivity index (χ4n) is 5.56. The lowest BCUT2D eigenvalue weighted by Gasteiger charge is -2.53. The average molecular weight is 439 g/mol. The van der Waals surface area contributed by atoms with Crippen LogP contribution in [0.15, 0.2) is 72.1 Å². The zero-order valence-corrected chi connectivity index (χ0v) is 18.8. The van der Waals surface area contributed by atoms with Crippen molar-refractivity contribution >= 4 is 28.9 Å². The van der Waals surface area contributed by atoms with E-state index in [9.17, 15) is 4.79 Å². The average Bonchev–Trinajstić information content (AvgIpc) is 3.10. The number of carbonyl (C=O) groups is 1. The van der Waals surface area contributed by atoms with Gasteiger partial charge in [-0.3, -0.25) is 4.79 Å². The number of anilines is 3. The van der Waals surface area contributed by atoms with Gasteiger partial charge in [0.1, 0.15) is 5.41 Å². The first-order valence-corrected chi connectivity index (χ1v) is 11.4. The van der Waals surface area contributed by atoms with E-state index in [2.05, 4.69) is 44.0 Å². The standard InChI is InChI=1S/C26H26N6O/c1-18-8-10-21(11-9-18)32-24(33)26(19(2)29-32)16-20-6-3-4-7-22(20)31-15-14-30(17-23(26)31)25-27-12-5-13-28-25/h3-13,23H,14-17H2,1-2H3. The maximum atomic E-state index is 14.2. The molecule has 166 valence electrons. The third-order valence-corrected chi connectivity index (χ3v) is 7.30. The van der Waals surface area contributed by atoms with Gasteiger partial charge in [0.2, 0.25) is 5.95 Å². The predicted octanol–water partition coefficient (Wildman–Crippen LogP) is 3.45. The Morgan fingerprint density at radius 3 is 2.48 bits per heavy atom. The number of carbonyl (C=O) groups excluding carboxylic acids is 1. The Morgan fingerprint density at radius 2 is 1.70 bits per heavy atom. The van der Waals surface area contributed by atoms with E-state index in [4.69, 9.17) is 5.10 Å². The van der Waals surface area contributed by atoms with Crippen LogP contribution in [0.2, 0.25) is 0 Å². The number of aromatic nitrogens is 2. The second kappa shape index (κ2) is 7.40. The molecular formula is C26H26N6O. The van der Waals surface area contributed by atoms with Crippen LogP contribution >= 0.6 is 0 Å². The van der Waals surface area contributed by atoms with Crippen molar-refractivity contribution in [2.45, 2.75) is 26.3 Å². The summed E-state index contributed by atoms with van der Waals surface area (Å²) in [5.41, 5.74) is 4.53. The molecule has 4 heterocycles. The highest BCUT2D eigenvalue weighted by atomic mass is 16.2. The lowest BCUT2D eigenvalue weighted by atomic mass is 9.67. The highest BCUT2D eigenvalue weighted by Crippen LogP contribution is 2.48. The van der Waals surface area contributed by atoms with Crippen LogP contribution in [0.25, 0.3) is 0 Å². The van der Waals surface area contributed by atoms with Gasteiger partial charge in [-0.2, -0.15) is 10.1 Å². The summed E-state index contributed by atoms with van der Waals surface area (Å²) in [6.07, 6.45) is 4.19. The number of benzene rings is 2. The molecule has 7 nitrogen and oxygen atoms in total. The van der Waals surface area contributed by atoms with Crippen molar-refractivity contribution in [3.8, 4) is 0 Å². The summed E-state index contributed by atoms with van der Waals surface area (Å²) >= 11 is 0. The van der Waals surface area contributed by atoms with Crippen molar-refractivity contribution in [1.29, 1.82) is 0 Å². The Morgan fingerprint density at radius 1 is 0.939 bits per heavy atom. The number of hydrazone groups is 1. The van der Waals surface area contributed by atoms with Gasteiger partial charge >= 0.3 is 0 Å². The molecule has 1 spiro atoms. The van der Waals surface area contributed by atoms with E-state index >= 15 is 0 Å². The van der Waals surface area contributed by atoms with E-state index in [0.717, 1.165) is 30.1 Å². The van der Waals surface area contributed by atoms with Crippen LogP contribution < -0.4 is 14.8 Å². The first kappa shape index (κ1) is 19.9. The maximum absolute atomic E-state index is 14.2. The van der Waals surface area contributed by atoms with E-state index in [1.807, 2.05) is 44.2 Å². The Balaban J connectivity index is 1.45. The Hall–Kier alpha value is -3.74. The number of piperazine rings is 1. The summed E-state index contributed by atoms with van der Waals surface area (Å²) in [6.45, 7) is 6.32. The molecule has 1 fully saturated rings. The van der Waals surface area contributed by atoms with Crippen molar-refractivity contribution in [3.63, 3.8) is 0 Å². The third-order valence-electron chi connectivity index (χ3n) is 7.30. The fourth-order valence-corrected chi connectivity index (χ4v) is 5.56. The van der Waals surface area contributed by atoms with E-state index in [1.165, 1.54) is 11.3 Å². The number of nitrogens with zero attached hydrogens (tertiary/aromatic N) is 6. The first-order valence-electron chi connectivity index (χ1n) is 11.4. The molecule has 2 aromatic carbocycles. The van der Waals surface area contributed by atoms with Crippen molar-refractivity contribution in [2.24, 2.45) is 10.5 Å². The molecule has 0 aliphatic carbocycles. The third kappa shape index (κ3) is 2.95. The van der Waals surface area contributed by atoms with Crippen molar-refractivity contribution < 1.29 is 4.79 Å². The molecular weight excluding hydrogens is 412 g/mol. The van der Waals surface area contributed by atoms with Crippen LogP contribution in [0.4, 0.5) is 17.3 Å². The molecule has 0 N–H and O–H groups in total. The maximum Gasteiger partial charge on any atom is 0.261 e. The first-order chi connectivity index (χ1) is 16.1. The van der Waals surface area contributed by atoms with Gasteiger partial charge < -0.3 is 9.80 Å². The summed E-state index contributed by atoms with van der Waals surface area (Å²) in [7, 11) is 0. The largest absolute Gasteiger partial charge is 0.363 e. The molecule has 2 atom stereocenters. The van der Waals surface area contributed by atoms with E-state index in [-0.39, 0.29) is 11.9 Å². The van der Waals surface area contributed by atoms with Crippen LogP contribution in [0.1, 0.15) is 18.1 Å². The number of aryl methyl sites for hydroxylation is 1. The van der Waals surface area contributed by atoms with Gasteiger partial charge in [-0.1, -0.05) is 35.9 Å². The summed E-state index contributed by atoms with van der Waals surface area (Å²) in [5, 5.41) is 6.44. The minimum absolute atomic E-state index is 0.0455. The number of amides is 1. The molecule has 3 aromatic rings. The zero-order valence-electron chi connectivity index (χ0n) is 18.8.